The van der Waals surface area contributed by atoms with Crippen molar-refractivity contribution in [2.24, 2.45) is 5.73 Å². The Balaban J connectivity index is 2.02. The Kier molecular flexibility index (Phi) is 4.91. The van der Waals surface area contributed by atoms with E-state index in [4.69, 9.17) is 17.3 Å². The molecule has 0 saturated heterocycles. The number of nitrogens with zero attached hydrogens (tertiary/aromatic N) is 1. The molecule has 3 nitrogen and oxygen atoms in total. The van der Waals surface area contributed by atoms with Crippen molar-refractivity contribution in [3.63, 3.8) is 0 Å². The Hall–Kier alpha value is -2.59. The van der Waals surface area contributed by atoms with Crippen molar-refractivity contribution in [3.8, 4) is 11.3 Å². The van der Waals surface area contributed by atoms with E-state index in [-0.39, 0.29) is 5.82 Å². The summed E-state index contributed by atoms with van der Waals surface area (Å²) in [5, 5.41) is 0.600. The molecule has 0 saturated carbocycles. The van der Waals surface area contributed by atoms with Crippen LogP contribution in [-0.2, 0) is 13.0 Å². The summed E-state index contributed by atoms with van der Waals surface area (Å²) >= 11 is 6.33. The van der Waals surface area contributed by atoms with Gasteiger partial charge < -0.3 is 10.3 Å². The van der Waals surface area contributed by atoms with Crippen LogP contribution in [0.1, 0.15) is 21.6 Å². The van der Waals surface area contributed by atoms with Gasteiger partial charge in [0.25, 0.3) is 5.91 Å². The summed E-state index contributed by atoms with van der Waals surface area (Å²) < 4.78 is 15.4. The normalized spacial score (nSPS) is 10.8. The minimum atomic E-state index is -0.477. The Morgan fingerprint density at radius 3 is 2.60 bits per heavy atom. The van der Waals surface area contributed by atoms with Crippen molar-refractivity contribution < 1.29 is 9.18 Å². The molecule has 3 aromatic rings. The summed E-state index contributed by atoms with van der Waals surface area (Å²) in [6, 6.07) is 15.7. The second kappa shape index (κ2) is 7.11. The van der Waals surface area contributed by atoms with E-state index in [1.165, 1.54) is 12.1 Å². The first-order valence-electron chi connectivity index (χ1n) is 7.96. The standard InChI is InChI=1S/C20H18ClFN2O/c1-13-17(20(23)25)12-19(16-7-2-3-8-18(16)21)24(13)10-9-14-5-4-6-15(22)11-14/h2-8,11-12H,9-10H2,1H3,(H2,23,25). The number of carbonyl (C=O) groups excluding carboxylic acids is 1. The minimum Gasteiger partial charge on any atom is -0.366 e. The summed E-state index contributed by atoms with van der Waals surface area (Å²) in [5.41, 5.74) is 9.30. The van der Waals surface area contributed by atoms with Gasteiger partial charge in [-0.05, 0) is 43.2 Å². The average molecular weight is 357 g/mol. The van der Waals surface area contributed by atoms with Crippen LogP contribution < -0.4 is 5.73 Å². The molecule has 0 aliphatic carbocycles. The predicted molar refractivity (Wildman–Crippen MR) is 98.2 cm³/mol. The van der Waals surface area contributed by atoms with Gasteiger partial charge in [-0.15, -0.1) is 0 Å². The van der Waals surface area contributed by atoms with Gasteiger partial charge in [0.05, 0.1) is 11.3 Å². The lowest BCUT2D eigenvalue weighted by Gasteiger charge is -2.13. The second-order valence-corrected chi connectivity index (χ2v) is 6.31. The van der Waals surface area contributed by atoms with Crippen LogP contribution in [0.15, 0.2) is 54.6 Å². The van der Waals surface area contributed by atoms with Gasteiger partial charge in [-0.1, -0.05) is 41.9 Å². The zero-order valence-corrected chi connectivity index (χ0v) is 14.6. The highest BCUT2D eigenvalue weighted by molar-refractivity contribution is 6.33. The topological polar surface area (TPSA) is 48.0 Å². The van der Waals surface area contributed by atoms with E-state index in [0.717, 1.165) is 22.5 Å². The molecule has 1 amide bonds. The van der Waals surface area contributed by atoms with Gasteiger partial charge >= 0.3 is 0 Å². The van der Waals surface area contributed by atoms with E-state index in [1.54, 1.807) is 18.2 Å². The highest BCUT2D eigenvalue weighted by Crippen LogP contribution is 2.31. The highest BCUT2D eigenvalue weighted by atomic mass is 35.5. The van der Waals surface area contributed by atoms with Gasteiger partial charge in [-0.2, -0.15) is 0 Å². The van der Waals surface area contributed by atoms with Gasteiger partial charge in [0.15, 0.2) is 0 Å². The molecule has 2 N–H and O–H groups in total. The number of halogens is 2. The van der Waals surface area contributed by atoms with E-state index in [2.05, 4.69) is 0 Å². The largest absolute Gasteiger partial charge is 0.366 e. The molecule has 0 radical (unpaired) electrons. The molecular formula is C20H18ClFN2O. The smallest absolute Gasteiger partial charge is 0.250 e. The van der Waals surface area contributed by atoms with Crippen molar-refractivity contribution >= 4 is 17.5 Å². The number of nitrogens with two attached hydrogens (primary N) is 1. The predicted octanol–water partition coefficient (Wildman–Crippen LogP) is 4.60. The fourth-order valence-electron chi connectivity index (χ4n) is 3.01. The third-order valence-corrected chi connectivity index (χ3v) is 4.62. The molecule has 128 valence electrons. The second-order valence-electron chi connectivity index (χ2n) is 5.90. The first kappa shape index (κ1) is 17.2. The zero-order chi connectivity index (χ0) is 18.0. The lowest BCUT2D eigenvalue weighted by Crippen LogP contribution is -2.13. The van der Waals surface area contributed by atoms with Gasteiger partial charge in [-0.3, -0.25) is 4.79 Å². The monoisotopic (exact) mass is 356 g/mol. The molecule has 0 fully saturated rings. The van der Waals surface area contributed by atoms with Crippen molar-refractivity contribution in [1.82, 2.24) is 4.57 Å². The molecule has 0 atom stereocenters. The number of amides is 1. The number of aromatic nitrogens is 1. The van der Waals surface area contributed by atoms with E-state index in [1.807, 2.05) is 35.8 Å². The molecule has 1 aromatic heterocycles. The van der Waals surface area contributed by atoms with Gasteiger partial charge in [0.1, 0.15) is 5.82 Å². The Bertz CT molecular complexity index is 933. The molecule has 3 rings (SSSR count). The molecule has 0 spiro atoms. The fourth-order valence-corrected chi connectivity index (χ4v) is 3.24. The highest BCUT2D eigenvalue weighted by Gasteiger charge is 2.18. The first-order valence-corrected chi connectivity index (χ1v) is 8.34. The fraction of sp³-hybridized carbons (Fsp3) is 0.150. The van der Waals surface area contributed by atoms with Crippen LogP contribution in [0.5, 0.6) is 0 Å². The maximum absolute atomic E-state index is 13.4. The van der Waals surface area contributed by atoms with Crippen LogP contribution in [0.3, 0.4) is 0 Å². The molecule has 1 heterocycles. The van der Waals surface area contributed by atoms with Crippen molar-refractivity contribution in [1.29, 1.82) is 0 Å². The first-order chi connectivity index (χ1) is 12.0. The van der Waals surface area contributed by atoms with Gasteiger partial charge in [-0.25, -0.2) is 4.39 Å². The number of benzene rings is 2. The lowest BCUT2D eigenvalue weighted by molar-refractivity contribution is 0.0999. The summed E-state index contributed by atoms with van der Waals surface area (Å²) in [6.07, 6.45) is 0.628. The van der Waals surface area contributed by atoms with E-state index in [0.29, 0.717) is 23.6 Å². The molecule has 0 aliphatic rings. The Labute approximate surface area is 150 Å². The Morgan fingerprint density at radius 1 is 1.16 bits per heavy atom. The quantitative estimate of drug-likeness (QED) is 0.713. The number of primary amides is 1. The average Bonchev–Trinajstić information content (AvgIpc) is 2.90. The van der Waals surface area contributed by atoms with E-state index >= 15 is 0 Å². The maximum Gasteiger partial charge on any atom is 0.250 e. The number of hydrogen-bond acceptors (Lipinski definition) is 1. The van der Waals surface area contributed by atoms with Crippen molar-refractivity contribution in [2.45, 2.75) is 19.9 Å². The summed E-state index contributed by atoms with van der Waals surface area (Å²) in [5.74, 6) is -0.735. The van der Waals surface area contributed by atoms with Crippen LogP contribution in [-0.4, -0.2) is 10.5 Å². The maximum atomic E-state index is 13.4. The van der Waals surface area contributed by atoms with Crippen molar-refractivity contribution in [3.05, 3.63) is 82.3 Å². The Morgan fingerprint density at radius 2 is 1.92 bits per heavy atom. The SMILES string of the molecule is Cc1c(C(N)=O)cc(-c2ccccc2Cl)n1CCc1cccc(F)c1. The van der Waals surface area contributed by atoms with E-state index in [9.17, 15) is 9.18 Å². The summed E-state index contributed by atoms with van der Waals surface area (Å²) in [6.45, 7) is 2.44. The van der Waals surface area contributed by atoms with E-state index < -0.39 is 5.91 Å². The molecule has 0 unspecified atom stereocenters. The van der Waals surface area contributed by atoms with Gasteiger partial charge in [0, 0.05) is 22.8 Å². The minimum absolute atomic E-state index is 0.258. The van der Waals surface area contributed by atoms with Crippen LogP contribution >= 0.6 is 11.6 Å². The van der Waals surface area contributed by atoms with Crippen LogP contribution in [0, 0.1) is 12.7 Å². The number of rotatable bonds is 5. The molecule has 0 bridgehead atoms. The third-order valence-electron chi connectivity index (χ3n) is 4.29. The molecule has 2 aromatic carbocycles. The van der Waals surface area contributed by atoms with Crippen LogP contribution in [0.4, 0.5) is 4.39 Å². The summed E-state index contributed by atoms with van der Waals surface area (Å²) in [7, 11) is 0. The zero-order valence-electron chi connectivity index (χ0n) is 13.8. The molecule has 0 aliphatic heterocycles. The van der Waals surface area contributed by atoms with Crippen LogP contribution in [0.2, 0.25) is 5.02 Å². The summed E-state index contributed by atoms with van der Waals surface area (Å²) in [4.78, 5) is 11.7. The van der Waals surface area contributed by atoms with Crippen LogP contribution in [0.25, 0.3) is 11.3 Å². The van der Waals surface area contributed by atoms with Gasteiger partial charge in [0.2, 0.25) is 0 Å². The van der Waals surface area contributed by atoms with Crippen molar-refractivity contribution in [2.75, 3.05) is 0 Å². The molecule has 25 heavy (non-hydrogen) atoms. The molecular weight excluding hydrogens is 339 g/mol. The molecule has 5 heteroatoms. The number of hydrogen-bond donors (Lipinski definition) is 1. The number of carbonyl (C=O) groups is 1. The third kappa shape index (κ3) is 3.59. The number of aryl methyl sites for hydroxylation is 1. The lowest BCUT2D eigenvalue weighted by atomic mass is 10.1.